The zero-order valence-corrected chi connectivity index (χ0v) is 39.9. The summed E-state index contributed by atoms with van der Waals surface area (Å²) in [4.78, 5) is 9.63. The summed E-state index contributed by atoms with van der Waals surface area (Å²) in [6.45, 7) is 11.6. The van der Waals surface area contributed by atoms with Crippen molar-refractivity contribution in [2.75, 3.05) is 0 Å². The van der Waals surface area contributed by atoms with E-state index in [4.69, 9.17) is 14.4 Å². The van der Waals surface area contributed by atoms with E-state index >= 15 is 0 Å². The fourth-order valence-corrected chi connectivity index (χ4v) is 13.1. The quantitative estimate of drug-likeness (QED) is 0.118. The molecule has 9 aromatic rings. The van der Waals surface area contributed by atoms with E-state index in [1.807, 2.05) is 41.8 Å². The number of rotatable bonds is 7. The van der Waals surface area contributed by atoms with E-state index in [0.29, 0.717) is 5.92 Å². The van der Waals surface area contributed by atoms with Crippen molar-refractivity contribution < 1.29 is 24.5 Å². The number of hydrogen-bond donors (Lipinski definition) is 0. The fourth-order valence-electron chi connectivity index (χ4n) is 10.1. The van der Waals surface area contributed by atoms with Crippen LogP contribution in [0.3, 0.4) is 0 Å². The van der Waals surface area contributed by atoms with E-state index < -0.39 is 8.07 Å². The standard InChI is InChI=1S/C32H28NS.C23H24NOSi.Ir/c1-2-5-23(6-3-1)25-13-14-27-28-7-4-8-29(32(28)34-31(27)20-25)30-19-22(15-16-33-30)18-26-17-21-9-11-24(26)12-10-21;1-15(2)19-13-20(24-14-22(19)26(3,4)5)18-11-8-10-17-16-9-6-7-12-21(16)25-23(17)18;/h1-7,13-16,19-21,24,26H,9-12,17-18H2;6-10,12-15H,1-5H3;/q2*-1;. The molecule has 309 valence electrons. The molecule has 3 aliphatic rings. The third kappa shape index (κ3) is 8.21. The van der Waals surface area contributed by atoms with Gasteiger partial charge in [-0.2, -0.15) is 11.3 Å². The largest absolute Gasteiger partial charge is 0.501 e. The predicted octanol–water partition coefficient (Wildman–Crippen LogP) is 15.1. The van der Waals surface area contributed by atoms with Crippen molar-refractivity contribution in [3.8, 4) is 33.6 Å². The molecule has 0 spiro atoms. The summed E-state index contributed by atoms with van der Waals surface area (Å²) in [6, 6.07) is 47.7. The topological polar surface area (TPSA) is 38.9 Å². The molecule has 5 aromatic carbocycles. The predicted molar refractivity (Wildman–Crippen MR) is 257 cm³/mol. The molecule has 0 saturated heterocycles. The maximum Gasteiger partial charge on any atom is 0.120 e. The molecule has 0 amide bonds. The number of nitrogens with zero attached hydrogens (tertiary/aromatic N) is 2. The zero-order chi connectivity index (χ0) is 41.0. The number of thiophene rings is 1. The molecular formula is C55H52IrN2OSSi-2. The minimum Gasteiger partial charge on any atom is -0.501 e. The van der Waals surface area contributed by atoms with Gasteiger partial charge in [0.1, 0.15) is 5.58 Å². The minimum absolute atomic E-state index is 0. The molecule has 4 aromatic heterocycles. The molecule has 3 nitrogen and oxygen atoms in total. The Morgan fingerprint density at radius 2 is 1.46 bits per heavy atom. The Labute approximate surface area is 379 Å². The summed E-state index contributed by atoms with van der Waals surface area (Å²) < 4.78 is 8.79. The SMILES string of the molecule is CC(C)c1cc(-c2[c-]ccc3c2oc2ccccc23)ncc1[Si](C)(C)C.[Ir].[c-]1ccc2c(sc3cc(-c4ccccc4)ccc32)c1-c1cc(CC2CC3CCC2CC3)ccn1. The van der Waals surface area contributed by atoms with Crippen LogP contribution in [-0.2, 0) is 26.5 Å². The van der Waals surface area contributed by atoms with Gasteiger partial charge in [-0.1, -0.05) is 147 Å². The van der Waals surface area contributed by atoms with E-state index in [1.165, 1.54) is 86.1 Å². The second-order valence-electron chi connectivity index (χ2n) is 18.6. The maximum atomic E-state index is 6.17. The molecule has 61 heavy (non-hydrogen) atoms. The van der Waals surface area contributed by atoms with Crippen LogP contribution in [0.15, 0.2) is 132 Å². The second kappa shape index (κ2) is 17.2. The van der Waals surface area contributed by atoms with Crippen molar-refractivity contribution in [2.45, 2.75) is 77.9 Å². The Morgan fingerprint density at radius 1 is 0.721 bits per heavy atom. The second-order valence-corrected chi connectivity index (χ2v) is 24.7. The van der Waals surface area contributed by atoms with Gasteiger partial charge in [0, 0.05) is 42.6 Å². The third-order valence-electron chi connectivity index (χ3n) is 13.3. The van der Waals surface area contributed by atoms with Crippen LogP contribution in [0.2, 0.25) is 19.6 Å². The van der Waals surface area contributed by atoms with Crippen molar-refractivity contribution in [1.29, 1.82) is 0 Å². The maximum absolute atomic E-state index is 6.17. The minimum atomic E-state index is -1.44. The van der Waals surface area contributed by atoms with Crippen molar-refractivity contribution in [2.24, 2.45) is 17.8 Å². The first-order chi connectivity index (χ1) is 29.2. The number of fused-ring (bicyclic) bond motifs is 9. The van der Waals surface area contributed by atoms with Gasteiger partial charge in [0.15, 0.2) is 0 Å². The Hall–Kier alpha value is -4.71. The molecule has 3 saturated carbocycles. The van der Waals surface area contributed by atoms with Gasteiger partial charge in [-0.3, -0.25) is 0 Å². The Morgan fingerprint density at radius 3 is 2.21 bits per heavy atom. The van der Waals surface area contributed by atoms with Gasteiger partial charge in [-0.15, -0.1) is 42.0 Å². The van der Waals surface area contributed by atoms with Crippen molar-refractivity contribution >= 4 is 66.7 Å². The molecule has 12 rings (SSSR count). The van der Waals surface area contributed by atoms with Crippen molar-refractivity contribution in [1.82, 2.24) is 9.97 Å². The summed E-state index contributed by atoms with van der Waals surface area (Å²) in [7, 11) is -1.44. The average Bonchev–Trinajstić information content (AvgIpc) is 3.85. The van der Waals surface area contributed by atoms with Gasteiger partial charge in [0.25, 0.3) is 0 Å². The van der Waals surface area contributed by atoms with Crippen LogP contribution in [-0.4, -0.2) is 18.0 Å². The van der Waals surface area contributed by atoms with Gasteiger partial charge in [0.05, 0.1) is 13.7 Å². The third-order valence-corrected chi connectivity index (χ3v) is 16.5. The summed E-state index contributed by atoms with van der Waals surface area (Å²) in [5, 5.41) is 6.33. The van der Waals surface area contributed by atoms with Gasteiger partial charge in [-0.25, -0.2) is 0 Å². The summed E-state index contributed by atoms with van der Waals surface area (Å²) in [5.74, 6) is 3.26. The van der Waals surface area contributed by atoms with Crippen LogP contribution in [0.1, 0.15) is 63.0 Å². The number of benzene rings is 5. The number of aromatic nitrogens is 2. The molecule has 1 unspecified atom stereocenters. The number of furan rings is 1. The van der Waals surface area contributed by atoms with Gasteiger partial charge < -0.3 is 14.4 Å². The Kier molecular flexibility index (Phi) is 11.7. The molecular weight excluding hydrogens is 957 g/mol. The molecule has 0 aliphatic heterocycles. The van der Waals surface area contributed by atoms with E-state index in [1.54, 1.807) is 0 Å². The Bertz CT molecular complexity index is 2990. The molecule has 1 atom stereocenters. The molecule has 3 aliphatic carbocycles. The first kappa shape index (κ1) is 41.6. The van der Waals surface area contributed by atoms with Crippen LogP contribution in [0.5, 0.6) is 0 Å². The average molecular weight is 1010 g/mol. The van der Waals surface area contributed by atoms with Crippen LogP contribution in [0, 0.1) is 29.9 Å². The van der Waals surface area contributed by atoms with Crippen LogP contribution < -0.4 is 5.19 Å². The summed E-state index contributed by atoms with van der Waals surface area (Å²) >= 11 is 1.87. The molecule has 1 radical (unpaired) electrons. The summed E-state index contributed by atoms with van der Waals surface area (Å²) in [5.41, 5.74) is 11.3. The van der Waals surface area contributed by atoms with E-state index in [9.17, 15) is 0 Å². The van der Waals surface area contributed by atoms with Gasteiger partial charge >= 0.3 is 0 Å². The number of hydrogen-bond acceptors (Lipinski definition) is 4. The number of pyridine rings is 2. The fraction of sp³-hybridized carbons (Fsp3) is 0.273. The van der Waals surface area contributed by atoms with E-state index in [-0.39, 0.29) is 20.1 Å². The van der Waals surface area contributed by atoms with Crippen molar-refractivity contribution in [3.05, 3.63) is 151 Å². The van der Waals surface area contributed by atoms with E-state index in [0.717, 1.165) is 62.2 Å². The van der Waals surface area contributed by atoms with E-state index in [2.05, 4.69) is 143 Å². The Balaban J connectivity index is 0.000000159. The molecule has 2 bridgehead atoms. The first-order valence-electron chi connectivity index (χ1n) is 21.9. The number of para-hydroxylation sites is 1. The molecule has 0 N–H and O–H groups in total. The normalized spacial score (nSPS) is 17.5. The first-order valence-corrected chi connectivity index (χ1v) is 26.2. The van der Waals surface area contributed by atoms with Crippen LogP contribution in [0.4, 0.5) is 0 Å². The van der Waals surface area contributed by atoms with Gasteiger partial charge in [0.2, 0.25) is 0 Å². The molecule has 6 heteroatoms. The summed E-state index contributed by atoms with van der Waals surface area (Å²) in [6.07, 6.45) is 12.6. The van der Waals surface area contributed by atoms with Crippen LogP contribution in [0.25, 0.3) is 75.8 Å². The zero-order valence-electron chi connectivity index (χ0n) is 35.7. The molecule has 4 heterocycles. The van der Waals surface area contributed by atoms with Crippen LogP contribution >= 0.6 is 11.3 Å². The van der Waals surface area contributed by atoms with Crippen molar-refractivity contribution in [3.63, 3.8) is 0 Å². The molecule has 3 fully saturated rings. The monoisotopic (exact) mass is 1010 g/mol. The smallest absolute Gasteiger partial charge is 0.120 e. The van der Waals surface area contributed by atoms with Gasteiger partial charge in [-0.05, 0) is 105 Å².